The first-order valence-electron chi connectivity index (χ1n) is 10.4. The van der Waals surface area contributed by atoms with Gasteiger partial charge in [-0.15, -0.1) is 0 Å². The zero-order valence-corrected chi connectivity index (χ0v) is 21.6. The Morgan fingerprint density at radius 2 is 1.59 bits per heavy atom. The molecule has 0 atom stereocenters. The lowest BCUT2D eigenvalue weighted by molar-refractivity contribution is 0.154. The van der Waals surface area contributed by atoms with Crippen LogP contribution in [0.3, 0.4) is 0 Å². The molecule has 3 N–H and O–H groups in total. The normalized spacial score (nSPS) is 12.5. The molecule has 0 spiro atoms. The first-order valence-corrected chi connectivity index (χ1v) is 13.1. The smallest absolute Gasteiger partial charge is 0.175 e. The Hall–Kier alpha value is -2.64. The van der Waals surface area contributed by atoms with Crippen molar-refractivity contribution in [2.75, 3.05) is 11.6 Å². The van der Waals surface area contributed by atoms with Crippen LogP contribution >= 0.6 is 23.2 Å². The fourth-order valence-corrected chi connectivity index (χ4v) is 4.55. The molecule has 0 amide bonds. The van der Waals surface area contributed by atoms with Gasteiger partial charge in [0, 0.05) is 17.5 Å². The number of sulfone groups is 1. The van der Waals surface area contributed by atoms with Gasteiger partial charge in [0.1, 0.15) is 5.60 Å². The molecule has 3 aromatic rings. The fourth-order valence-electron chi connectivity index (χ4n) is 3.28. The highest BCUT2D eigenvalue weighted by atomic mass is 35.5. The molecule has 0 saturated carbocycles. The molecule has 3 rings (SSSR count). The second-order valence-electron chi connectivity index (χ2n) is 8.58. The van der Waals surface area contributed by atoms with Crippen LogP contribution in [0.25, 0.3) is 16.8 Å². The van der Waals surface area contributed by atoms with E-state index < -0.39 is 15.4 Å². The van der Waals surface area contributed by atoms with E-state index in [-0.39, 0.29) is 10.6 Å². The van der Waals surface area contributed by atoms with Crippen LogP contribution in [0.15, 0.2) is 71.6 Å². The third kappa shape index (κ3) is 6.07. The summed E-state index contributed by atoms with van der Waals surface area (Å²) in [6.45, 7) is 4.98. The molecule has 8 heteroatoms. The number of hydrogen-bond acceptors (Lipinski definition) is 5. The molecule has 0 aliphatic rings. The van der Waals surface area contributed by atoms with E-state index in [9.17, 15) is 13.5 Å². The quantitative estimate of drug-likeness (QED) is 0.308. The SMILES string of the molecule is Cc1cc(-c2cccc(S(C)(=O)=O)c2)ccc1N/C(=C\C(=N)C(C)(C)O)c1c(Cl)cccc1Cl. The highest BCUT2D eigenvalue weighted by Crippen LogP contribution is 2.34. The Morgan fingerprint density at radius 3 is 2.15 bits per heavy atom. The molecule has 0 aliphatic heterocycles. The van der Waals surface area contributed by atoms with E-state index in [0.29, 0.717) is 21.3 Å². The highest BCUT2D eigenvalue weighted by Gasteiger charge is 2.21. The van der Waals surface area contributed by atoms with Gasteiger partial charge in [-0.05, 0) is 79.9 Å². The summed E-state index contributed by atoms with van der Waals surface area (Å²) >= 11 is 12.9. The molecule has 0 fully saturated rings. The molecule has 0 aromatic heterocycles. The third-order valence-electron chi connectivity index (χ3n) is 5.27. The maximum absolute atomic E-state index is 11.9. The largest absolute Gasteiger partial charge is 0.384 e. The van der Waals surface area contributed by atoms with Gasteiger partial charge in [0.05, 0.1) is 26.3 Å². The van der Waals surface area contributed by atoms with Crippen molar-refractivity contribution < 1.29 is 13.5 Å². The molecule has 178 valence electrons. The van der Waals surface area contributed by atoms with Crippen LogP contribution in [-0.2, 0) is 9.84 Å². The monoisotopic (exact) mass is 516 g/mol. The minimum Gasteiger partial charge on any atom is -0.384 e. The number of anilines is 1. The van der Waals surface area contributed by atoms with Crippen LogP contribution < -0.4 is 5.32 Å². The number of halogens is 2. The van der Waals surface area contributed by atoms with Gasteiger partial charge < -0.3 is 15.8 Å². The van der Waals surface area contributed by atoms with Crippen molar-refractivity contribution in [3.8, 4) is 11.1 Å². The van der Waals surface area contributed by atoms with Crippen molar-refractivity contribution in [3.05, 3.63) is 87.9 Å². The first kappa shape index (κ1) is 26.0. The predicted octanol–water partition coefficient (Wildman–Crippen LogP) is 6.62. The van der Waals surface area contributed by atoms with E-state index in [1.165, 1.54) is 26.2 Å². The van der Waals surface area contributed by atoms with Crippen LogP contribution in [0.4, 0.5) is 5.69 Å². The lowest BCUT2D eigenvalue weighted by atomic mass is 9.99. The summed E-state index contributed by atoms with van der Waals surface area (Å²) in [5, 5.41) is 22.7. The van der Waals surface area contributed by atoms with Gasteiger partial charge in [0.25, 0.3) is 0 Å². The van der Waals surface area contributed by atoms with Crippen LogP contribution in [0.1, 0.15) is 25.0 Å². The minimum atomic E-state index is -3.32. The number of aliphatic hydroxyl groups is 1. The molecule has 0 aliphatic carbocycles. The number of aryl methyl sites for hydroxylation is 1. The van der Waals surface area contributed by atoms with Crippen molar-refractivity contribution in [1.29, 1.82) is 5.41 Å². The first-order chi connectivity index (χ1) is 15.8. The Bertz CT molecular complexity index is 1370. The van der Waals surface area contributed by atoms with Crippen LogP contribution in [0.2, 0.25) is 10.0 Å². The van der Waals surface area contributed by atoms with E-state index in [1.54, 1.807) is 36.4 Å². The molecule has 0 heterocycles. The van der Waals surface area contributed by atoms with Crippen molar-refractivity contribution in [1.82, 2.24) is 0 Å². The topological polar surface area (TPSA) is 90.3 Å². The zero-order chi connectivity index (χ0) is 25.3. The second kappa shape index (κ2) is 9.92. The van der Waals surface area contributed by atoms with Gasteiger partial charge in [-0.3, -0.25) is 0 Å². The lowest BCUT2D eigenvalue weighted by Crippen LogP contribution is -2.29. The van der Waals surface area contributed by atoms with E-state index in [4.69, 9.17) is 28.6 Å². The Morgan fingerprint density at radius 1 is 1.00 bits per heavy atom. The van der Waals surface area contributed by atoms with Crippen molar-refractivity contribution in [2.24, 2.45) is 0 Å². The summed E-state index contributed by atoms with van der Waals surface area (Å²) in [5.41, 5.74) is 2.88. The Labute approximate surface area is 210 Å². The molecule has 0 bridgehead atoms. The van der Waals surface area contributed by atoms with Gasteiger partial charge in [-0.2, -0.15) is 0 Å². The van der Waals surface area contributed by atoms with Crippen molar-refractivity contribution in [2.45, 2.75) is 31.3 Å². The molecule has 34 heavy (non-hydrogen) atoms. The maximum Gasteiger partial charge on any atom is 0.175 e. The molecule has 0 saturated heterocycles. The molecular weight excluding hydrogens is 491 g/mol. The van der Waals surface area contributed by atoms with Gasteiger partial charge in [0.2, 0.25) is 0 Å². The minimum absolute atomic E-state index is 0.0159. The van der Waals surface area contributed by atoms with E-state index in [2.05, 4.69) is 5.32 Å². The van der Waals surface area contributed by atoms with Gasteiger partial charge in [0.15, 0.2) is 9.84 Å². The number of hydrogen-bond donors (Lipinski definition) is 3. The van der Waals surface area contributed by atoms with E-state index in [0.717, 1.165) is 22.4 Å². The van der Waals surface area contributed by atoms with E-state index >= 15 is 0 Å². The maximum atomic E-state index is 11.9. The highest BCUT2D eigenvalue weighted by molar-refractivity contribution is 7.90. The molecule has 5 nitrogen and oxygen atoms in total. The number of benzene rings is 3. The van der Waals surface area contributed by atoms with Crippen LogP contribution in [-0.4, -0.2) is 31.1 Å². The fraction of sp³-hybridized carbons (Fsp3) is 0.192. The summed E-state index contributed by atoms with van der Waals surface area (Å²) in [4.78, 5) is 0.258. The molecule has 0 radical (unpaired) electrons. The zero-order valence-electron chi connectivity index (χ0n) is 19.3. The average Bonchev–Trinajstić information content (AvgIpc) is 2.73. The summed E-state index contributed by atoms with van der Waals surface area (Å²) in [6.07, 6.45) is 2.69. The number of nitrogens with one attached hydrogen (secondary N) is 2. The third-order valence-corrected chi connectivity index (χ3v) is 7.01. The van der Waals surface area contributed by atoms with Crippen molar-refractivity contribution in [3.63, 3.8) is 0 Å². The van der Waals surface area contributed by atoms with Crippen molar-refractivity contribution >= 4 is 50.1 Å². The number of rotatable bonds is 7. The van der Waals surface area contributed by atoms with E-state index in [1.807, 2.05) is 31.2 Å². The summed E-state index contributed by atoms with van der Waals surface area (Å²) < 4.78 is 23.9. The van der Waals surface area contributed by atoms with Crippen LogP contribution in [0, 0.1) is 12.3 Å². The summed E-state index contributed by atoms with van der Waals surface area (Å²) in [6, 6.07) is 17.6. The molecule has 3 aromatic carbocycles. The summed E-state index contributed by atoms with van der Waals surface area (Å²) in [7, 11) is -3.32. The Kier molecular flexibility index (Phi) is 7.58. The second-order valence-corrected chi connectivity index (χ2v) is 11.4. The average molecular weight is 517 g/mol. The van der Waals surface area contributed by atoms with Gasteiger partial charge >= 0.3 is 0 Å². The predicted molar refractivity (Wildman–Crippen MR) is 142 cm³/mol. The molecular formula is C26H26Cl2N2O3S. The van der Waals surface area contributed by atoms with Crippen LogP contribution in [0.5, 0.6) is 0 Å². The Balaban J connectivity index is 2.05. The molecule has 0 unspecified atom stereocenters. The standard InChI is InChI=1S/C26H26Cl2N2O3S/c1-16-13-18(17-7-5-8-19(14-17)34(4,32)33)11-12-22(16)30-23(15-24(29)26(2,3)31)25-20(27)9-6-10-21(25)28/h5-15,29-31H,1-4H3/b23-15-,29-24?. The lowest BCUT2D eigenvalue weighted by Gasteiger charge is -2.20. The summed E-state index contributed by atoms with van der Waals surface area (Å²) in [5.74, 6) is 0. The van der Waals surface area contributed by atoms with Gasteiger partial charge in [-0.1, -0.05) is 47.5 Å². The van der Waals surface area contributed by atoms with Gasteiger partial charge in [-0.25, -0.2) is 8.42 Å².